The molecule has 0 aliphatic rings. The number of halogens is 1. The van der Waals surface area contributed by atoms with Crippen LogP contribution in [-0.2, 0) is 11.3 Å². The van der Waals surface area contributed by atoms with Crippen molar-refractivity contribution in [3.63, 3.8) is 0 Å². The van der Waals surface area contributed by atoms with Gasteiger partial charge in [0, 0.05) is 22.9 Å². The van der Waals surface area contributed by atoms with Gasteiger partial charge in [-0.25, -0.2) is 0 Å². The second kappa shape index (κ2) is 9.05. The largest absolute Gasteiger partial charge is 0.386 e. The van der Waals surface area contributed by atoms with Gasteiger partial charge in [0.05, 0.1) is 0 Å². The van der Waals surface area contributed by atoms with E-state index in [4.69, 9.17) is 0 Å². The highest BCUT2D eigenvalue weighted by Crippen LogP contribution is 2.18. The summed E-state index contributed by atoms with van der Waals surface area (Å²) in [5, 5.41) is 15.0. The van der Waals surface area contributed by atoms with Crippen LogP contribution in [0.15, 0.2) is 64.8 Å². The standard InChI is InChI=1S/C20H20BrN3O/c1-14(2)15-7-9-18(10-8-15)24-20(25)17(11-22)13-23-12-16-5-3-4-6-19(16)21/h3-10,13-14,23H,12H2,1-2H3,(H,24,25)/b17-13-. The van der Waals surface area contributed by atoms with Gasteiger partial charge in [0.2, 0.25) is 0 Å². The first-order chi connectivity index (χ1) is 12.0. The molecule has 2 aromatic rings. The summed E-state index contributed by atoms with van der Waals surface area (Å²) in [7, 11) is 0. The highest BCUT2D eigenvalue weighted by Gasteiger charge is 2.09. The molecule has 1 amide bonds. The van der Waals surface area contributed by atoms with Gasteiger partial charge < -0.3 is 10.6 Å². The molecule has 0 radical (unpaired) electrons. The van der Waals surface area contributed by atoms with Crippen LogP contribution in [0.1, 0.15) is 30.9 Å². The number of nitriles is 1. The fourth-order valence-corrected chi connectivity index (χ4v) is 2.63. The first-order valence-corrected chi connectivity index (χ1v) is 8.79. The van der Waals surface area contributed by atoms with Crippen molar-refractivity contribution in [2.24, 2.45) is 0 Å². The number of carbonyl (C=O) groups is 1. The molecule has 4 nitrogen and oxygen atoms in total. The van der Waals surface area contributed by atoms with Crippen LogP contribution in [0.25, 0.3) is 0 Å². The van der Waals surface area contributed by atoms with Gasteiger partial charge in [0.15, 0.2) is 0 Å². The molecule has 0 aromatic heterocycles. The van der Waals surface area contributed by atoms with Crippen molar-refractivity contribution >= 4 is 27.5 Å². The number of nitrogens with zero attached hydrogens (tertiary/aromatic N) is 1. The van der Waals surface area contributed by atoms with Gasteiger partial charge in [-0.3, -0.25) is 4.79 Å². The molecule has 0 saturated carbocycles. The van der Waals surface area contributed by atoms with Gasteiger partial charge in [-0.15, -0.1) is 0 Å². The number of hydrogen-bond donors (Lipinski definition) is 2. The molecule has 0 aliphatic carbocycles. The zero-order chi connectivity index (χ0) is 18.2. The summed E-state index contributed by atoms with van der Waals surface area (Å²) in [6.45, 7) is 4.74. The lowest BCUT2D eigenvalue weighted by Gasteiger charge is -2.08. The van der Waals surface area contributed by atoms with Crippen molar-refractivity contribution in [2.45, 2.75) is 26.3 Å². The summed E-state index contributed by atoms with van der Waals surface area (Å²) in [6, 6.07) is 17.3. The first-order valence-electron chi connectivity index (χ1n) is 7.99. The molecule has 5 heteroatoms. The molecule has 0 unspecified atom stereocenters. The lowest BCUT2D eigenvalue weighted by atomic mass is 10.0. The van der Waals surface area contributed by atoms with Crippen LogP contribution >= 0.6 is 15.9 Å². The molecular formula is C20H20BrN3O. The fraction of sp³-hybridized carbons (Fsp3) is 0.200. The summed E-state index contributed by atoms with van der Waals surface area (Å²) >= 11 is 3.46. The molecule has 2 aromatic carbocycles. The summed E-state index contributed by atoms with van der Waals surface area (Å²) in [5.74, 6) is 0.000233. The SMILES string of the molecule is CC(C)c1ccc(NC(=O)/C(C#N)=C\NCc2ccccc2Br)cc1. The maximum atomic E-state index is 12.2. The maximum absolute atomic E-state index is 12.2. The lowest BCUT2D eigenvalue weighted by Crippen LogP contribution is -2.16. The summed E-state index contributed by atoms with van der Waals surface area (Å²) in [5.41, 5.74) is 2.94. The summed E-state index contributed by atoms with van der Waals surface area (Å²) in [6.07, 6.45) is 1.44. The predicted octanol–water partition coefficient (Wildman–Crippen LogP) is 4.71. The third-order valence-corrected chi connectivity index (χ3v) is 4.47. The molecular weight excluding hydrogens is 378 g/mol. The van der Waals surface area contributed by atoms with E-state index in [-0.39, 0.29) is 5.57 Å². The van der Waals surface area contributed by atoms with E-state index in [1.165, 1.54) is 11.8 Å². The summed E-state index contributed by atoms with van der Waals surface area (Å²) < 4.78 is 0.976. The molecule has 0 atom stereocenters. The Kier molecular flexibility index (Phi) is 6.79. The van der Waals surface area contributed by atoms with Crippen LogP contribution in [-0.4, -0.2) is 5.91 Å². The van der Waals surface area contributed by atoms with E-state index in [1.54, 1.807) is 0 Å². The Morgan fingerprint density at radius 2 is 1.88 bits per heavy atom. The van der Waals surface area contributed by atoms with Crippen molar-refractivity contribution in [1.82, 2.24) is 5.32 Å². The minimum atomic E-state index is -0.431. The third-order valence-electron chi connectivity index (χ3n) is 3.70. The Morgan fingerprint density at radius 1 is 1.20 bits per heavy atom. The Bertz CT molecular complexity index is 804. The molecule has 2 rings (SSSR count). The normalized spacial score (nSPS) is 11.1. The zero-order valence-electron chi connectivity index (χ0n) is 14.2. The molecule has 0 fully saturated rings. The number of benzene rings is 2. The molecule has 0 heterocycles. The molecule has 2 N–H and O–H groups in total. The lowest BCUT2D eigenvalue weighted by molar-refractivity contribution is -0.112. The van der Waals surface area contributed by atoms with E-state index >= 15 is 0 Å². The van der Waals surface area contributed by atoms with Crippen LogP contribution < -0.4 is 10.6 Å². The van der Waals surface area contributed by atoms with E-state index in [9.17, 15) is 10.1 Å². The van der Waals surface area contributed by atoms with E-state index in [1.807, 2.05) is 54.6 Å². The molecule has 0 saturated heterocycles. The number of rotatable bonds is 6. The maximum Gasteiger partial charge on any atom is 0.267 e. The quantitative estimate of drug-likeness (QED) is 0.547. The van der Waals surface area contributed by atoms with E-state index < -0.39 is 5.91 Å². The average Bonchev–Trinajstić information content (AvgIpc) is 2.60. The van der Waals surface area contributed by atoms with Gasteiger partial charge >= 0.3 is 0 Å². The number of nitrogens with one attached hydrogen (secondary N) is 2. The average molecular weight is 398 g/mol. The second-order valence-corrected chi connectivity index (χ2v) is 6.73. The minimum Gasteiger partial charge on any atom is -0.386 e. The number of anilines is 1. The van der Waals surface area contributed by atoms with Crippen LogP contribution in [0.2, 0.25) is 0 Å². The van der Waals surface area contributed by atoms with Gasteiger partial charge in [0.25, 0.3) is 5.91 Å². The molecule has 128 valence electrons. The van der Waals surface area contributed by atoms with Crippen LogP contribution in [0.5, 0.6) is 0 Å². The molecule has 0 bridgehead atoms. The third kappa shape index (κ3) is 5.47. The minimum absolute atomic E-state index is 0.0278. The van der Waals surface area contributed by atoms with Crippen molar-refractivity contribution in [3.05, 3.63) is 75.9 Å². The van der Waals surface area contributed by atoms with E-state index in [2.05, 4.69) is 40.4 Å². The number of amides is 1. The van der Waals surface area contributed by atoms with Crippen molar-refractivity contribution in [1.29, 1.82) is 5.26 Å². The highest BCUT2D eigenvalue weighted by molar-refractivity contribution is 9.10. The van der Waals surface area contributed by atoms with E-state index in [0.29, 0.717) is 18.2 Å². The van der Waals surface area contributed by atoms with Gasteiger partial charge in [-0.2, -0.15) is 5.26 Å². The van der Waals surface area contributed by atoms with Gasteiger partial charge in [-0.1, -0.05) is 60.1 Å². The smallest absolute Gasteiger partial charge is 0.267 e. The van der Waals surface area contributed by atoms with Crippen LogP contribution in [0.4, 0.5) is 5.69 Å². The molecule has 25 heavy (non-hydrogen) atoms. The zero-order valence-corrected chi connectivity index (χ0v) is 15.8. The Labute approximate surface area is 156 Å². The Morgan fingerprint density at radius 3 is 2.48 bits per heavy atom. The fourth-order valence-electron chi connectivity index (χ4n) is 2.20. The predicted molar refractivity (Wildman–Crippen MR) is 104 cm³/mol. The van der Waals surface area contributed by atoms with E-state index in [0.717, 1.165) is 10.0 Å². The monoisotopic (exact) mass is 397 g/mol. The first kappa shape index (κ1) is 18.8. The van der Waals surface area contributed by atoms with Crippen LogP contribution in [0, 0.1) is 11.3 Å². The number of carbonyl (C=O) groups excluding carboxylic acids is 1. The topological polar surface area (TPSA) is 64.9 Å². The highest BCUT2D eigenvalue weighted by atomic mass is 79.9. The number of hydrogen-bond acceptors (Lipinski definition) is 3. The van der Waals surface area contributed by atoms with Crippen molar-refractivity contribution in [2.75, 3.05) is 5.32 Å². The van der Waals surface area contributed by atoms with Crippen LogP contribution in [0.3, 0.4) is 0 Å². The van der Waals surface area contributed by atoms with Gasteiger partial charge in [0.1, 0.15) is 11.6 Å². The van der Waals surface area contributed by atoms with Crippen molar-refractivity contribution in [3.8, 4) is 6.07 Å². The Balaban J connectivity index is 1.98. The molecule has 0 spiro atoms. The van der Waals surface area contributed by atoms with Gasteiger partial charge in [-0.05, 0) is 35.2 Å². The summed E-state index contributed by atoms with van der Waals surface area (Å²) in [4.78, 5) is 12.2. The van der Waals surface area contributed by atoms with Crippen molar-refractivity contribution < 1.29 is 4.79 Å². The second-order valence-electron chi connectivity index (χ2n) is 5.87. The molecule has 0 aliphatic heterocycles. The Hall–Kier alpha value is -2.58.